The van der Waals surface area contributed by atoms with Crippen LogP contribution < -0.4 is 42.2 Å². The van der Waals surface area contributed by atoms with E-state index in [2.05, 4.69) is 31.3 Å². The maximum Gasteiger partial charge on any atom is 0.248 e. The summed E-state index contributed by atoms with van der Waals surface area (Å²) in [6.45, 7) is 3.41. The number of ether oxygens (including phenoxy) is 2. The Morgan fingerprint density at radius 3 is 2.36 bits per heavy atom. The highest BCUT2D eigenvalue weighted by atomic mass is 16.5. The molecule has 1 aliphatic heterocycles. The molecule has 0 spiro atoms. The van der Waals surface area contributed by atoms with E-state index in [9.17, 15) is 24.0 Å². The first kappa shape index (κ1) is 39.7. The van der Waals surface area contributed by atoms with Crippen molar-refractivity contribution >= 4 is 29.5 Å². The van der Waals surface area contributed by atoms with E-state index in [1.807, 2.05) is 6.07 Å². The minimum atomic E-state index is -1.34. The molecule has 18 heteroatoms. The lowest BCUT2D eigenvalue weighted by Gasteiger charge is -2.32. The number of fused-ring (bicyclic) bond motifs is 5. The molecule has 0 unspecified atom stereocenters. The topological polar surface area (TPSA) is 262 Å². The van der Waals surface area contributed by atoms with Gasteiger partial charge >= 0.3 is 0 Å². The highest BCUT2D eigenvalue weighted by molar-refractivity contribution is 5.96. The van der Waals surface area contributed by atoms with Crippen molar-refractivity contribution in [2.75, 3.05) is 39.9 Å². The molecule has 2 heterocycles. The number of nitrogens with one attached hydrogen (secondary N) is 4. The lowest BCUT2D eigenvalue weighted by Crippen LogP contribution is -2.56. The summed E-state index contributed by atoms with van der Waals surface area (Å²) in [5.41, 5.74) is 13.5. The first-order chi connectivity index (χ1) is 25.5. The quantitative estimate of drug-likeness (QED) is 0.108. The van der Waals surface area contributed by atoms with Crippen LogP contribution >= 0.6 is 0 Å². The summed E-state index contributed by atoms with van der Waals surface area (Å²) in [5, 5.41) is 23.7. The van der Waals surface area contributed by atoms with E-state index in [4.69, 9.17) is 26.2 Å². The van der Waals surface area contributed by atoms with Crippen molar-refractivity contribution in [2.24, 2.45) is 11.5 Å². The zero-order valence-corrected chi connectivity index (χ0v) is 29.8. The lowest BCUT2D eigenvalue weighted by atomic mass is 9.93. The van der Waals surface area contributed by atoms with Crippen LogP contribution in [0.4, 0.5) is 0 Å². The summed E-state index contributed by atoms with van der Waals surface area (Å²) in [5.74, 6) is -2.26. The number of likely N-dealkylation sites (N-methyl/N-ethyl adjacent to an activating group) is 1. The summed E-state index contributed by atoms with van der Waals surface area (Å²) in [6, 6.07) is 7.32. The van der Waals surface area contributed by atoms with Gasteiger partial charge in [0, 0.05) is 51.2 Å². The van der Waals surface area contributed by atoms with Crippen LogP contribution in [0.2, 0.25) is 0 Å². The Morgan fingerprint density at radius 1 is 1.06 bits per heavy atom. The van der Waals surface area contributed by atoms with Crippen molar-refractivity contribution < 1.29 is 33.4 Å². The first-order valence-corrected chi connectivity index (χ1v) is 17.0. The zero-order valence-electron chi connectivity index (χ0n) is 29.8. The van der Waals surface area contributed by atoms with E-state index in [0.717, 1.165) is 0 Å². The van der Waals surface area contributed by atoms with Gasteiger partial charge in [0.1, 0.15) is 68.1 Å². The fraction of sp³-hybridized carbons (Fsp3) is 0.429. The molecular formula is C35H45N11O7. The predicted octanol–water partition coefficient (Wildman–Crippen LogP) is -1.10. The van der Waals surface area contributed by atoms with Gasteiger partial charge in [-0.1, -0.05) is 12.1 Å². The van der Waals surface area contributed by atoms with Crippen LogP contribution in [0.3, 0.4) is 0 Å². The second-order valence-electron chi connectivity index (χ2n) is 12.3. The average molecular weight is 732 g/mol. The Bertz CT molecular complexity index is 1810. The van der Waals surface area contributed by atoms with Crippen LogP contribution in [0.25, 0.3) is 11.1 Å². The van der Waals surface area contributed by atoms with Crippen molar-refractivity contribution in [1.29, 1.82) is 5.26 Å². The maximum atomic E-state index is 14.3. The highest BCUT2D eigenvalue weighted by Gasteiger charge is 2.36. The van der Waals surface area contributed by atoms with Crippen molar-refractivity contribution in [2.45, 2.75) is 57.4 Å². The molecule has 0 saturated carbocycles. The van der Waals surface area contributed by atoms with Crippen molar-refractivity contribution in [1.82, 2.24) is 40.9 Å². The van der Waals surface area contributed by atoms with Crippen LogP contribution in [0, 0.1) is 11.3 Å². The molecule has 0 fully saturated rings. The summed E-state index contributed by atoms with van der Waals surface area (Å²) in [7, 11) is 1.43. The molecule has 282 valence electrons. The number of amides is 5. The Hall–Kier alpha value is -6.06. The van der Waals surface area contributed by atoms with Gasteiger partial charge in [0.05, 0.1) is 6.07 Å². The van der Waals surface area contributed by atoms with Gasteiger partial charge in [0.25, 0.3) is 0 Å². The number of nitrogens with zero attached hydrogens (tertiary/aromatic N) is 5. The van der Waals surface area contributed by atoms with E-state index in [1.165, 1.54) is 43.1 Å². The molecule has 8 N–H and O–H groups in total. The van der Waals surface area contributed by atoms with E-state index >= 15 is 0 Å². The van der Waals surface area contributed by atoms with Gasteiger partial charge in [-0.05, 0) is 48.7 Å². The van der Waals surface area contributed by atoms with Crippen LogP contribution in [-0.4, -0.2) is 107 Å². The molecule has 53 heavy (non-hydrogen) atoms. The van der Waals surface area contributed by atoms with Crippen LogP contribution in [0.5, 0.6) is 11.5 Å². The summed E-state index contributed by atoms with van der Waals surface area (Å²) >= 11 is 0. The fourth-order valence-corrected chi connectivity index (χ4v) is 5.82. The number of hydrogen-bond donors (Lipinski definition) is 6. The SMILES string of the molecule is CC(=O)N[C@@H](CCn1cncn1)C(=O)N(C)[C@@H]1C(=O)N[C@@H](C)C(=O)N[C@H](C(=O)NCC#N)Cc2ccc(OCCN)c(c2)-c2cc1ccc2OCCN. The van der Waals surface area contributed by atoms with Gasteiger partial charge in [0.15, 0.2) is 0 Å². The lowest BCUT2D eigenvalue weighted by molar-refractivity contribution is -0.143. The number of benzene rings is 2. The van der Waals surface area contributed by atoms with Gasteiger partial charge < -0.3 is 47.1 Å². The van der Waals surface area contributed by atoms with Gasteiger partial charge in [-0.25, -0.2) is 4.98 Å². The molecule has 1 aliphatic rings. The monoisotopic (exact) mass is 731 g/mol. The average Bonchev–Trinajstić information content (AvgIpc) is 3.67. The van der Waals surface area contributed by atoms with E-state index in [-0.39, 0.29) is 52.2 Å². The van der Waals surface area contributed by atoms with E-state index < -0.39 is 53.7 Å². The number of carbonyl (C=O) groups is 5. The summed E-state index contributed by atoms with van der Waals surface area (Å²) in [6.07, 6.45) is 2.97. The molecule has 2 aromatic carbocycles. The summed E-state index contributed by atoms with van der Waals surface area (Å²) in [4.78, 5) is 72.5. The Kier molecular flexibility index (Phi) is 14.2. The van der Waals surface area contributed by atoms with Gasteiger partial charge in [0.2, 0.25) is 29.5 Å². The van der Waals surface area contributed by atoms with Crippen LogP contribution in [0.1, 0.15) is 37.4 Å². The molecule has 18 nitrogen and oxygen atoms in total. The predicted molar refractivity (Wildman–Crippen MR) is 191 cm³/mol. The molecule has 4 bridgehead atoms. The second-order valence-corrected chi connectivity index (χ2v) is 12.3. The van der Waals surface area contributed by atoms with Gasteiger partial charge in [-0.3, -0.25) is 28.7 Å². The van der Waals surface area contributed by atoms with E-state index in [0.29, 0.717) is 33.8 Å². The first-order valence-electron chi connectivity index (χ1n) is 17.0. The maximum absolute atomic E-state index is 14.3. The zero-order chi connectivity index (χ0) is 38.5. The smallest absolute Gasteiger partial charge is 0.248 e. The molecule has 5 amide bonds. The number of nitrogens with two attached hydrogens (primary N) is 2. The number of nitriles is 1. The Balaban J connectivity index is 1.89. The standard InChI is InChI=1S/C35H45N11O7/c1-21-32(48)44-28(33(49)40-12-9-36)17-23-4-6-29(52-14-10-37)25(16-23)26-18-24(5-7-30(26)53-15-11-38)31(34(50)42-21)45(3)35(51)27(43-22(2)47)8-13-46-20-39-19-41-46/h4-7,16,18-21,27-28,31H,8,10-15,17,37-38H2,1-3H3,(H,40,49)(H,42,50)(H,43,47)(H,44,48)/t21-,27-,28-,31-/m0/s1. The molecule has 1 aromatic heterocycles. The molecule has 0 saturated heterocycles. The molecule has 3 aromatic rings. The molecule has 4 rings (SSSR count). The Labute approximate surface area is 306 Å². The molecule has 0 aliphatic carbocycles. The van der Waals surface area contributed by atoms with Crippen molar-refractivity contribution in [3.05, 3.63) is 60.2 Å². The largest absolute Gasteiger partial charge is 0.492 e. The van der Waals surface area contributed by atoms with Crippen molar-refractivity contribution in [3.8, 4) is 28.7 Å². The number of carbonyl (C=O) groups excluding carboxylic acids is 5. The third kappa shape index (κ3) is 10.5. The number of aromatic nitrogens is 3. The third-order valence-electron chi connectivity index (χ3n) is 8.34. The number of aryl methyl sites for hydroxylation is 1. The molecule has 0 radical (unpaired) electrons. The van der Waals surface area contributed by atoms with Crippen LogP contribution in [0.15, 0.2) is 49.1 Å². The van der Waals surface area contributed by atoms with E-state index in [1.54, 1.807) is 36.4 Å². The minimum absolute atomic E-state index is 0.0194. The number of hydrogen-bond acceptors (Lipinski definition) is 12. The minimum Gasteiger partial charge on any atom is -0.492 e. The fourth-order valence-electron chi connectivity index (χ4n) is 5.82. The second kappa shape index (κ2) is 19.0. The Morgan fingerprint density at radius 2 is 1.74 bits per heavy atom. The number of rotatable bonds is 14. The molecule has 4 atom stereocenters. The van der Waals surface area contributed by atoms with Gasteiger partial charge in [-0.2, -0.15) is 10.4 Å². The van der Waals surface area contributed by atoms with Gasteiger partial charge in [-0.15, -0.1) is 0 Å². The van der Waals surface area contributed by atoms with Crippen LogP contribution in [-0.2, 0) is 36.9 Å². The highest BCUT2D eigenvalue weighted by Crippen LogP contribution is 2.40. The summed E-state index contributed by atoms with van der Waals surface area (Å²) < 4.78 is 13.6. The normalized spacial score (nSPS) is 17.5. The van der Waals surface area contributed by atoms with Crippen molar-refractivity contribution in [3.63, 3.8) is 0 Å². The third-order valence-corrected chi connectivity index (χ3v) is 8.34. The molecular weight excluding hydrogens is 686 g/mol.